The summed E-state index contributed by atoms with van der Waals surface area (Å²) in [7, 11) is 0. The second kappa shape index (κ2) is 8.67. The summed E-state index contributed by atoms with van der Waals surface area (Å²) in [6.07, 6.45) is 0. The number of hydrogen-bond acceptors (Lipinski definition) is 4. The van der Waals surface area contributed by atoms with E-state index in [1.54, 1.807) is 12.1 Å². The molecular formula is C22H18ClN5O. The molecule has 0 spiro atoms. The Bertz CT molecular complexity index is 1060. The molecule has 7 heteroatoms. The van der Waals surface area contributed by atoms with Gasteiger partial charge < -0.3 is 5.32 Å². The fourth-order valence-electron chi connectivity index (χ4n) is 3.04. The summed E-state index contributed by atoms with van der Waals surface area (Å²) in [5.41, 5.74) is 2.74. The smallest absolute Gasteiger partial charge is 0.244 e. The lowest BCUT2D eigenvalue weighted by atomic mass is 9.99. The van der Waals surface area contributed by atoms with Crippen LogP contribution in [-0.4, -0.2) is 26.1 Å². The van der Waals surface area contributed by atoms with Gasteiger partial charge in [0.25, 0.3) is 0 Å². The summed E-state index contributed by atoms with van der Waals surface area (Å²) in [6, 6.07) is 26.6. The third-order valence-electron chi connectivity index (χ3n) is 4.39. The second-order valence-electron chi connectivity index (χ2n) is 6.48. The molecule has 0 aliphatic heterocycles. The van der Waals surface area contributed by atoms with Crippen molar-refractivity contribution in [3.8, 4) is 11.4 Å². The average Bonchev–Trinajstić information content (AvgIpc) is 3.22. The van der Waals surface area contributed by atoms with E-state index >= 15 is 0 Å². The zero-order chi connectivity index (χ0) is 20.1. The number of carbonyl (C=O) groups is 1. The quantitative estimate of drug-likeness (QED) is 0.530. The first-order chi connectivity index (χ1) is 14.2. The molecular weight excluding hydrogens is 386 g/mol. The molecule has 29 heavy (non-hydrogen) atoms. The van der Waals surface area contributed by atoms with Crippen LogP contribution < -0.4 is 5.32 Å². The van der Waals surface area contributed by atoms with Crippen molar-refractivity contribution in [1.29, 1.82) is 0 Å². The molecule has 1 amide bonds. The van der Waals surface area contributed by atoms with Gasteiger partial charge in [-0.2, -0.15) is 4.80 Å². The van der Waals surface area contributed by atoms with Crippen LogP contribution in [0.5, 0.6) is 0 Å². The molecule has 0 radical (unpaired) electrons. The highest BCUT2D eigenvalue weighted by molar-refractivity contribution is 6.30. The molecule has 1 heterocycles. The number of rotatable bonds is 6. The number of benzene rings is 3. The van der Waals surface area contributed by atoms with E-state index in [1.165, 1.54) is 4.80 Å². The fraction of sp³-hybridized carbons (Fsp3) is 0.0909. The monoisotopic (exact) mass is 403 g/mol. The largest absolute Gasteiger partial charge is 0.344 e. The zero-order valence-electron chi connectivity index (χ0n) is 15.4. The lowest BCUT2D eigenvalue weighted by Gasteiger charge is -2.19. The average molecular weight is 404 g/mol. The Hall–Kier alpha value is -3.51. The molecule has 0 saturated carbocycles. The Balaban J connectivity index is 1.50. The van der Waals surface area contributed by atoms with Crippen molar-refractivity contribution in [2.75, 3.05) is 0 Å². The molecule has 0 aliphatic rings. The molecule has 1 N–H and O–H groups in total. The van der Waals surface area contributed by atoms with Crippen LogP contribution in [0.2, 0.25) is 5.02 Å². The van der Waals surface area contributed by atoms with Crippen molar-refractivity contribution in [3.05, 3.63) is 101 Å². The van der Waals surface area contributed by atoms with E-state index in [-0.39, 0.29) is 18.5 Å². The minimum absolute atomic E-state index is 0.0380. The highest BCUT2D eigenvalue weighted by atomic mass is 35.5. The van der Waals surface area contributed by atoms with Gasteiger partial charge in [-0.3, -0.25) is 4.79 Å². The third kappa shape index (κ3) is 4.67. The topological polar surface area (TPSA) is 72.7 Å². The summed E-state index contributed by atoms with van der Waals surface area (Å²) in [4.78, 5) is 14.0. The number of tetrazole rings is 1. The molecule has 0 atom stereocenters. The van der Waals surface area contributed by atoms with Crippen LogP contribution >= 0.6 is 11.6 Å². The van der Waals surface area contributed by atoms with Crippen LogP contribution in [-0.2, 0) is 11.3 Å². The summed E-state index contributed by atoms with van der Waals surface area (Å²) in [5.74, 6) is 0.209. The summed E-state index contributed by atoms with van der Waals surface area (Å²) < 4.78 is 0. The Labute approximate surface area is 173 Å². The molecule has 0 aliphatic carbocycles. The van der Waals surface area contributed by atoms with Crippen LogP contribution in [0.4, 0.5) is 0 Å². The SMILES string of the molecule is O=C(Cn1nnc(-c2cccc(Cl)c2)n1)NC(c1ccccc1)c1ccccc1. The normalized spacial score (nSPS) is 10.8. The number of nitrogens with one attached hydrogen (secondary N) is 1. The minimum Gasteiger partial charge on any atom is -0.344 e. The molecule has 0 saturated heterocycles. The summed E-state index contributed by atoms with van der Waals surface area (Å²) >= 11 is 6.01. The van der Waals surface area contributed by atoms with E-state index < -0.39 is 0 Å². The van der Waals surface area contributed by atoms with Gasteiger partial charge in [0.05, 0.1) is 6.04 Å². The Kier molecular flexibility index (Phi) is 5.63. The van der Waals surface area contributed by atoms with E-state index in [9.17, 15) is 4.79 Å². The van der Waals surface area contributed by atoms with E-state index in [0.717, 1.165) is 16.7 Å². The maximum atomic E-state index is 12.7. The first kappa shape index (κ1) is 18.8. The first-order valence-corrected chi connectivity index (χ1v) is 9.50. The van der Waals surface area contributed by atoms with Crippen molar-refractivity contribution in [1.82, 2.24) is 25.5 Å². The maximum absolute atomic E-state index is 12.7. The van der Waals surface area contributed by atoms with Crippen LogP contribution in [0, 0.1) is 0 Å². The van der Waals surface area contributed by atoms with Gasteiger partial charge in [0.15, 0.2) is 0 Å². The van der Waals surface area contributed by atoms with Crippen LogP contribution in [0.15, 0.2) is 84.9 Å². The van der Waals surface area contributed by atoms with Gasteiger partial charge in [-0.15, -0.1) is 10.2 Å². The van der Waals surface area contributed by atoms with E-state index in [0.29, 0.717) is 10.8 Å². The number of hydrogen-bond donors (Lipinski definition) is 1. The highest BCUT2D eigenvalue weighted by Gasteiger charge is 2.18. The predicted octanol–water partition coefficient (Wildman–Crippen LogP) is 3.90. The highest BCUT2D eigenvalue weighted by Crippen LogP contribution is 2.22. The zero-order valence-corrected chi connectivity index (χ0v) is 16.2. The summed E-state index contributed by atoms with van der Waals surface area (Å²) in [5, 5.41) is 16.0. The van der Waals surface area contributed by atoms with Crippen LogP contribution in [0.25, 0.3) is 11.4 Å². The van der Waals surface area contributed by atoms with Crippen molar-refractivity contribution in [2.24, 2.45) is 0 Å². The molecule has 0 unspecified atom stereocenters. The Morgan fingerprint density at radius 3 is 2.21 bits per heavy atom. The number of amides is 1. The van der Waals surface area contributed by atoms with Crippen molar-refractivity contribution >= 4 is 17.5 Å². The maximum Gasteiger partial charge on any atom is 0.244 e. The van der Waals surface area contributed by atoms with E-state index in [4.69, 9.17) is 11.6 Å². The third-order valence-corrected chi connectivity index (χ3v) is 4.63. The first-order valence-electron chi connectivity index (χ1n) is 9.12. The van der Waals surface area contributed by atoms with Gasteiger partial charge in [-0.1, -0.05) is 84.4 Å². The second-order valence-corrected chi connectivity index (χ2v) is 6.91. The number of nitrogens with zero attached hydrogens (tertiary/aromatic N) is 4. The van der Waals surface area contributed by atoms with Gasteiger partial charge >= 0.3 is 0 Å². The number of halogens is 1. The van der Waals surface area contributed by atoms with E-state index in [2.05, 4.69) is 20.7 Å². The molecule has 6 nitrogen and oxygen atoms in total. The fourth-order valence-corrected chi connectivity index (χ4v) is 3.23. The van der Waals surface area contributed by atoms with Crippen molar-refractivity contribution in [3.63, 3.8) is 0 Å². The number of carbonyl (C=O) groups excluding carboxylic acids is 1. The molecule has 4 rings (SSSR count). The van der Waals surface area contributed by atoms with Crippen molar-refractivity contribution in [2.45, 2.75) is 12.6 Å². The van der Waals surface area contributed by atoms with Crippen LogP contribution in [0.3, 0.4) is 0 Å². The standard InChI is InChI=1S/C22H18ClN5O/c23-19-13-7-12-18(14-19)22-25-27-28(26-22)15-20(29)24-21(16-8-3-1-4-9-16)17-10-5-2-6-11-17/h1-14,21H,15H2,(H,24,29). The van der Waals surface area contributed by atoms with Crippen LogP contribution in [0.1, 0.15) is 17.2 Å². The van der Waals surface area contributed by atoms with E-state index in [1.807, 2.05) is 72.8 Å². The van der Waals surface area contributed by atoms with Gasteiger partial charge in [0.2, 0.25) is 11.7 Å². The lowest BCUT2D eigenvalue weighted by Crippen LogP contribution is -2.32. The Morgan fingerprint density at radius 2 is 1.59 bits per heavy atom. The lowest BCUT2D eigenvalue weighted by molar-refractivity contribution is -0.122. The molecule has 4 aromatic rings. The van der Waals surface area contributed by atoms with Gasteiger partial charge in [-0.25, -0.2) is 0 Å². The molecule has 0 bridgehead atoms. The molecule has 0 fully saturated rings. The van der Waals surface area contributed by atoms with Crippen molar-refractivity contribution < 1.29 is 4.79 Å². The Morgan fingerprint density at radius 1 is 0.931 bits per heavy atom. The van der Waals surface area contributed by atoms with Gasteiger partial charge in [-0.05, 0) is 28.5 Å². The minimum atomic E-state index is -0.263. The number of aromatic nitrogens is 4. The van der Waals surface area contributed by atoms with Gasteiger partial charge in [0.1, 0.15) is 6.54 Å². The molecule has 1 aromatic heterocycles. The summed E-state index contributed by atoms with van der Waals surface area (Å²) in [6.45, 7) is -0.0380. The molecule has 144 valence electrons. The molecule has 3 aromatic carbocycles. The van der Waals surface area contributed by atoms with Gasteiger partial charge in [0, 0.05) is 10.6 Å². The predicted molar refractivity (Wildman–Crippen MR) is 111 cm³/mol.